The maximum absolute atomic E-state index is 12.7. The molecule has 0 aromatic heterocycles. The fourth-order valence-corrected chi connectivity index (χ4v) is 2.35. The summed E-state index contributed by atoms with van der Waals surface area (Å²) in [6.45, 7) is 5.09. The van der Waals surface area contributed by atoms with Crippen molar-refractivity contribution in [3.8, 4) is 0 Å². The highest BCUT2D eigenvalue weighted by molar-refractivity contribution is 5.91. The van der Waals surface area contributed by atoms with Gasteiger partial charge < -0.3 is 15.5 Å². The number of amides is 2. The number of carbonyl (C=O) groups excluding carboxylic acids is 2. The fourth-order valence-electron chi connectivity index (χ4n) is 2.35. The first kappa shape index (κ1) is 14.4. The van der Waals surface area contributed by atoms with Gasteiger partial charge in [0.2, 0.25) is 11.8 Å². The third kappa shape index (κ3) is 2.61. The van der Waals surface area contributed by atoms with Crippen LogP contribution >= 0.6 is 0 Å². The molecule has 5 heteroatoms. The third-order valence-corrected chi connectivity index (χ3v) is 3.91. The van der Waals surface area contributed by atoms with E-state index < -0.39 is 5.41 Å². The van der Waals surface area contributed by atoms with Crippen LogP contribution in [0.1, 0.15) is 19.4 Å². The summed E-state index contributed by atoms with van der Waals surface area (Å²) in [5.41, 5.74) is 6.59. The van der Waals surface area contributed by atoms with Crippen molar-refractivity contribution < 1.29 is 9.59 Å². The van der Waals surface area contributed by atoms with Gasteiger partial charge >= 0.3 is 0 Å². The highest BCUT2D eigenvalue weighted by Crippen LogP contribution is 2.27. The van der Waals surface area contributed by atoms with E-state index in [0.717, 1.165) is 5.56 Å². The van der Waals surface area contributed by atoms with Crippen molar-refractivity contribution >= 4 is 17.5 Å². The molecule has 0 spiro atoms. The molecule has 1 saturated heterocycles. The molecule has 1 heterocycles. The average Bonchev–Trinajstić information content (AvgIpc) is 2.41. The van der Waals surface area contributed by atoms with Crippen LogP contribution in [0.15, 0.2) is 24.3 Å². The van der Waals surface area contributed by atoms with E-state index >= 15 is 0 Å². The Morgan fingerprint density at radius 2 is 1.80 bits per heavy atom. The summed E-state index contributed by atoms with van der Waals surface area (Å²) in [4.78, 5) is 27.7. The zero-order valence-electron chi connectivity index (χ0n) is 12.2. The molecule has 2 rings (SSSR count). The van der Waals surface area contributed by atoms with Crippen LogP contribution in [-0.4, -0.2) is 48.3 Å². The second-order valence-electron chi connectivity index (χ2n) is 5.79. The number of anilines is 1. The molecule has 1 aromatic carbocycles. The lowest BCUT2D eigenvalue weighted by atomic mass is 9.83. The first-order valence-electron chi connectivity index (χ1n) is 6.71. The predicted octanol–water partition coefficient (Wildman–Crippen LogP) is 0.847. The molecule has 1 aliphatic rings. The minimum absolute atomic E-state index is 0.0160. The molecule has 0 radical (unpaired) electrons. The average molecular weight is 275 g/mol. The Balaban J connectivity index is 2.18. The summed E-state index contributed by atoms with van der Waals surface area (Å²) in [5.74, 6) is -0.0403. The molecule has 20 heavy (non-hydrogen) atoms. The van der Waals surface area contributed by atoms with Gasteiger partial charge in [0.25, 0.3) is 0 Å². The third-order valence-electron chi connectivity index (χ3n) is 3.91. The normalized spacial score (nSPS) is 16.4. The summed E-state index contributed by atoms with van der Waals surface area (Å²) < 4.78 is 0. The van der Waals surface area contributed by atoms with Gasteiger partial charge in [0.1, 0.15) is 0 Å². The van der Waals surface area contributed by atoms with Crippen LogP contribution in [0.4, 0.5) is 5.69 Å². The van der Waals surface area contributed by atoms with Gasteiger partial charge in [-0.25, -0.2) is 0 Å². The van der Waals surface area contributed by atoms with Crippen LogP contribution in [0, 0.1) is 0 Å². The van der Waals surface area contributed by atoms with Crippen molar-refractivity contribution in [2.75, 3.05) is 32.4 Å². The smallest absolute Gasteiger partial charge is 0.241 e. The van der Waals surface area contributed by atoms with Gasteiger partial charge in [-0.05, 0) is 31.5 Å². The molecule has 0 unspecified atom stereocenters. The zero-order chi connectivity index (χ0) is 14.9. The second kappa shape index (κ2) is 5.15. The van der Waals surface area contributed by atoms with Crippen molar-refractivity contribution in [3.05, 3.63) is 29.8 Å². The second-order valence-corrected chi connectivity index (χ2v) is 5.79. The predicted molar refractivity (Wildman–Crippen MR) is 78.1 cm³/mol. The molecule has 0 saturated carbocycles. The largest absolute Gasteiger partial charge is 0.399 e. The topological polar surface area (TPSA) is 66.6 Å². The van der Waals surface area contributed by atoms with Gasteiger partial charge in [-0.3, -0.25) is 9.59 Å². The lowest BCUT2D eigenvalue weighted by molar-refractivity contribution is -0.147. The molecule has 1 aromatic rings. The molecule has 5 nitrogen and oxygen atoms in total. The Bertz CT molecular complexity index is 522. The van der Waals surface area contributed by atoms with Gasteiger partial charge in [-0.15, -0.1) is 0 Å². The number of nitrogen functional groups attached to an aromatic ring is 1. The summed E-state index contributed by atoms with van der Waals surface area (Å²) in [6.07, 6.45) is 0. The standard InChI is InChI=1S/C15H21N3O2/c1-15(2,11-4-6-12(16)7-5-11)14(20)18-9-8-17(3)13(19)10-18/h4-7H,8-10,16H2,1-3H3. The highest BCUT2D eigenvalue weighted by Gasteiger charge is 2.36. The number of carbonyl (C=O) groups is 2. The SMILES string of the molecule is CN1CCN(C(=O)C(C)(C)c2ccc(N)cc2)CC1=O. The van der Waals surface area contributed by atoms with E-state index in [0.29, 0.717) is 18.8 Å². The minimum atomic E-state index is -0.663. The van der Waals surface area contributed by atoms with E-state index in [-0.39, 0.29) is 18.4 Å². The number of likely N-dealkylation sites (N-methyl/N-ethyl adjacent to an activating group) is 1. The quantitative estimate of drug-likeness (QED) is 0.814. The molecule has 1 aliphatic heterocycles. The Morgan fingerprint density at radius 1 is 1.20 bits per heavy atom. The number of hydrogen-bond acceptors (Lipinski definition) is 3. The van der Waals surface area contributed by atoms with Crippen molar-refractivity contribution in [2.24, 2.45) is 0 Å². The Hall–Kier alpha value is -2.04. The Morgan fingerprint density at radius 3 is 2.35 bits per heavy atom. The molecule has 0 bridgehead atoms. The maximum Gasteiger partial charge on any atom is 0.241 e. The van der Waals surface area contributed by atoms with E-state index in [2.05, 4.69) is 0 Å². The number of piperazine rings is 1. The lowest BCUT2D eigenvalue weighted by Gasteiger charge is -2.37. The number of nitrogens with two attached hydrogens (primary N) is 1. The molecule has 2 N–H and O–H groups in total. The van der Waals surface area contributed by atoms with Crippen LogP contribution in [0.2, 0.25) is 0 Å². The van der Waals surface area contributed by atoms with Gasteiger partial charge in [0, 0.05) is 25.8 Å². The summed E-state index contributed by atoms with van der Waals surface area (Å²) in [7, 11) is 1.76. The maximum atomic E-state index is 12.7. The van der Waals surface area contributed by atoms with E-state index in [1.165, 1.54) is 0 Å². The highest BCUT2D eigenvalue weighted by atomic mass is 16.2. The molecule has 2 amide bonds. The van der Waals surface area contributed by atoms with Crippen molar-refractivity contribution in [2.45, 2.75) is 19.3 Å². The van der Waals surface area contributed by atoms with E-state index in [9.17, 15) is 9.59 Å². The molecule has 0 atom stereocenters. The van der Waals surface area contributed by atoms with Crippen molar-refractivity contribution in [3.63, 3.8) is 0 Å². The Labute approximate surface area is 119 Å². The van der Waals surface area contributed by atoms with Gasteiger partial charge in [-0.2, -0.15) is 0 Å². The van der Waals surface area contributed by atoms with Crippen LogP contribution in [0.3, 0.4) is 0 Å². The van der Waals surface area contributed by atoms with Crippen molar-refractivity contribution in [1.29, 1.82) is 0 Å². The van der Waals surface area contributed by atoms with Crippen LogP contribution < -0.4 is 5.73 Å². The summed E-state index contributed by atoms with van der Waals surface area (Å²) in [5, 5.41) is 0. The van der Waals surface area contributed by atoms with Crippen LogP contribution in [0.25, 0.3) is 0 Å². The molecule has 108 valence electrons. The van der Waals surface area contributed by atoms with Crippen molar-refractivity contribution in [1.82, 2.24) is 9.80 Å². The molecule has 1 fully saturated rings. The minimum Gasteiger partial charge on any atom is -0.399 e. The monoisotopic (exact) mass is 275 g/mol. The van der Waals surface area contributed by atoms with Gasteiger partial charge in [-0.1, -0.05) is 12.1 Å². The number of rotatable bonds is 2. The fraction of sp³-hybridized carbons (Fsp3) is 0.467. The van der Waals surface area contributed by atoms with Crippen LogP contribution in [0.5, 0.6) is 0 Å². The van der Waals surface area contributed by atoms with E-state index in [1.807, 2.05) is 26.0 Å². The van der Waals surface area contributed by atoms with Gasteiger partial charge in [0.05, 0.1) is 12.0 Å². The lowest BCUT2D eigenvalue weighted by Crippen LogP contribution is -2.54. The number of nitrogens with zero attached hydrogens (tertiary/aromatic N) is 2. The Kier molecular flexibility index (Phi) is 3.70. The van der Waals surface area contributed by atoms with E-state index in [1.54, 1.807) is 29.0 Å². The number of hydrogen-bond donors (Lipinski definition) is 1. The first-order valence-corrected chi connectivity index (χ1v) is 6.71. The van der Waals surface area contributed by atoms with E-state index in [4.69, 9.17) is 5.73 Å². The zero-order valence-corrected chi connectivity index (χ0v) is 12.2. The first-order chi connectivity index (χ1) is 9.32. The number of benzene rings is 1. The van der Waals surface area contributed by atoms with Gasteiger partial charge in [0.15, 0.2) is 0 Å². The van der Waals surface area contributed by atoms with Crippen LogP contribution in [-0.2, 0) is 15.0 Å². The summed E-state index contributed by atoms with van der Waals surface area (Å²) >= 11 is 0. The molecule has 0 aliphatic carbocycles. The molecular formula is C15H21N3O2. The molecular weight excluding hydrogens is 254 g/mol. The summed E-state index contributed by atoms with van der Waals surface area (Å²) in [6, 6.07) is 7.31.